The largest absolute Gasteiger partial charge is 0.478 e. The van der Waals surface area contributed by atoms with Crippen molar-refractivity contribution in [2.24, 2.45) is 0 Å². The molecule has 0 aliphatic heterocycles. The molecule has 1 N–H and O–H groups in total. The van der Waals surface area contributed by atoms with Crippen LogP contribution in [0.5, 0.6) is 0 Å². The van der Waals surface area contributed by atoms with E-state index in [-0.39, 0.29) is 10.6 Å². The highest BCUT2D eigenvalue weighted by molar-refractivity contribution is 6.33. The SMILES string of the molecule is Cc1nn(-c2ccccc2)c(C)c1-c1ccc(Cl)c(C(=O)O)c1. The minimum atomic E-state index is -1.04. The Morgan fingerprint density at radius 1 is 1.13 bits per heavy atom. The summed E-state index contributed by atoms with van der Waals surface area (Å²) in [7, 11) is 0. The van der Waals surface area contributed by atoms with Crippen LogP contribution >= 0.6 is 11.6 Å². The van der Waals surface area contributed by atoms with Gasteiger partial charge in [-0.3, -0.25) is 0 Å². The predicted octanol–water partition coefficient (Wildman–Crippen LogP) is 4.51. The second kappa shape index (κ2) is 5.89. The summed E-state index contributed by atoms with van der Waals surface area (Å²) in [5.74, 6) is -1.04. The highest BCUT2D eigenvalue weighted by Crippen LogP contribution is 2.31. The maximum atomic E-state index is 11.3. The smallest absolute Gasteiger partial charge is 0.337 e. The van der Waals surface area contributed by atoms with Crippen molar-refractivity contribution in [2.45, 2.75) is 13.8 Å². The van der Waals surface area contributed by atoms with E-state index in [9.17, 15) is 9.90 Å². The molecule has 0 radical (unpaired) electrons. The zero-order chi connectivity index (χ0) is 16.6. The Morgan fingerprint density at radius 3 is 2.48 bits per heavy atom. The Kier molecular flexibility index (Phi) is 3.92. The molecule has 1 aromatic heterocycles. The normalized spacial score (nSPS) is 10.7. The number of para-hydroxylation sites is 1. The van der Waals surface area contributed by atoms with Gasteiger partial charge < -0.3 is 5.11 Å². The maximum Gasteiger partial charge on any atom is 0.337 e. The number of carboxylic acid groups (broad SMARTS) is 1. The average Bonchev–Trinajstić information content (AvgIpc) is 2.83. The highest BCUT2D eigenvalue weighted by atomic mass is 35.5. The molecular formula is C18H15ClN2O2. The van der Waals surface area contributed by atoms with E-state index in [4.69, 9.17) is 11.6 Å². The lowest BCUT2D eigenvalue weighted by molar-refractivity contribution is 0.0697. The molecular weight excluding hydrogens is 312 g/mol. The second-order valence-corrected chi connectivity index (χ2v) is 5.70. The summed E-state index contributed by atoms with van der Waals surface area (Å²) in [4.78, 5) is 11.3. The molecule has 116 valence electrons. The first-order valence-corrected chi connectivity index (χ1v) is 7.51. The monoisotopic (exact) mass is 326 g/mol. The van der Waals surface area contributed by atoms with Crippen molar-refractivity contribution in [3.63, 3.8) is 0 Å². The summed E-state index contributed by atoms with van der Waals surface area (Å²) in [6.45, 7) is 3.88. The van der Waals surface area contributed by atoms with E-state index in [1.54, 1.807) is 12.1 Å². The van der Waals surface area contributed by atoms with Gasteiger partial charge in [-0.25, -0.2) is 9.48 Å². The summed E-state index contributed by atoms with van der Waals surface area (Å²) < 4.78 is 1.86. The third-order valence-electron chi connectivity index (χ3n) is 3.78. The first kappa shape index (κ1) is 15.3. The van der Waals surface area contributed by atoms with E-state index in [1.165, 1.54) is 0 Å². The van der Waals surface area contributed by atoms with Crippen molar-refractivity contribution in [2.75, 3.05) is 0 Å². The minimum absolute atomic E-state index is 0.0930. The van der Waals surface area contributed by atoms with E-state index in [1.807, 2.05) is 54.9 Å². The molecule has 3 rings (SSSR count). The molecule has 0 fully saturated rings. The lowest BCUT2D eigenvalue weighted by Crippen LogP contribution is -1.99. The number of carbonyl (C=O) groups is 1. The molecule has 5 heteroatoms. The number of hydrogen-bond acceptors (Lipinski definition) is 2. The van der Waals surface area contributed by atoms with Crippen LogP contribution in [0.25, 0.3) is 16.8 Å². The van der Waals surface area contributed by atoms with Gasteiger partial charge in [-0.1, -0.05) is 35.9 Å². The molecule has 4 nitrogen and oxygen atoms in total. The maximum absolute atomic E-state index is 11.3. The van der Waals surface area contributed by atoms with Gasteiger partial charge in [-0.05, 0) is 43.7 Å². The molecule has 0 bridgehead atoms. The standard InChI is InChI=1S/C18H15ClN2O2/c1-11-17(13-8-9-16(19)15(10-13)18(22)23)12(2)21(20-11)14-6-4-3-5-7-14/h3-10H,1-2H3,(H,22,23). The number of halogens is 1. The summed E-state index contributed by atoms with van der Waals surface area (Å²) >= 11 is 5.96. The van der Waals surface area contributed by atoms with Gasteiger partial charge in [0.15, 0.2) is 0 Å². The van der Waals surface area contributed by atoms with Crippen LogP contribution in [0.4, 0.5) is 0 Å². The van der Waals surface area contributed by atoms with Crippen LogP contribution in [0.3, 0.4) is 0 Å². The van der Waals surface area contributed by atoms with Gasteiger partial charge in [0.25, 0.3) is 0 Å². The van der Waals surface area contributed by atoms with Crippen LogP contribution < -0.4 is 0 Å². The van der Waals surface area contributed by atoms with Gasteiger partial charge in [0.2, 0.25) is 0 Å². The zero-order valence-corrected chi connectivity index (χ0v) is 13.5. The quantitative estimate of drug-likeness (QED) is 0.770. The average molecular weight is 327 g/mol. The van der Waals surface area contributed by atoms with Gasteiger partial charge in [0.05, 0.1) is 22.0 Å². The van der Waals surface area contributed by atoms with Gasteiger partial charge >= 0.3 is 5.97 Å². The van der Waals surface area contributed by atoms with Crippen LogP contribution in [0.2, 0.25) is 5.02 Å². The van der Waals surface area contributed by atoms with Crippen LogP contribution in [0.15, 0.2) is 48.5 Å². The summed E-state index contributed by atoms with van der Waals surface area (Å²) in [6.07, 6.45) is 0. The molecule has 0 unspecified atom stereocenters. The van der Waals surface area contributed by atoms with E-state index < -0.39 is 5.97 Å². The Morgan fingerprint density at radius 2 is 1.83 bits per heavy atom. The van der Waals surface area contributed by atoms with Crippen molar-refractivity contribution in [1.82, 2.24) is 9.78 Å². The molecule has 1 heterocycles. The molecule has 0 aliphatic carbocycles. The lowest BCUT2D eigenvalue weighted by atomic mass is 10.0. The zero-order valence-electron chi connectivity index (χ0n) is 12.7. The fourth-order valence-corrected chi connectivity index (χ4v) is 2.92. The number of hydrogen-bond donors (Lipinski definition) is 1. The van der Waals surface area contributed by atoms with E-state index >= 15 is 0 Å². The molecule has 0 spiro atoms. The topological polar surface area (TPSA) is 55.1 Å². The minimum Gasteiger partial charge on any atom is -0.478 e. The number of carboxylic acids is 1. The van der Waals surface area contributed by atoms with Crippen molar-refractivity contribution in [3.05, 3.63) is 70.5 Å². The van der Waals surface area contributed by atoms with E-state index in [0.29, 0.717) is 0 Å². The molecule has 23 heavy (non-hydrogen) atoms. The highest BCUT2D eigenvalue weighted by Gasteiger charge is 2.17. The van der Waals surface area contributed by atoms with Crippen LogP contribution in [-0.4, -0.2) is 20.9 Å². The molecule has 0 aliphatic rings. The van der Waals surface area contributed by atoms with Crippen LogP contribution in [0.1, 0.15) is 21.7 Å². The Balaban J connectivity index is 2.17. The second-order valence-electron chi connectivity index (χ2n) is 5.29. The first-order valence-electron chi connectivity index (χ1n) is 7.14. The molecule has 3 aromatic rings. The van der Waals surface area contributed by atoms with Crippen molar-refractivity contribution in [1.29, 1.82) is 0 Å². The van der Waals surface area contributed by atoms with Crippen LogP contribution in [-0.2, 0) is 0 Å². The summed E-state index contributed by atoms with van der Waals surface area (Å²) in [5.41, 5.74) is 4.57. The van der Waals surface area contributed by atoms with E-state index in [2.05, 4.69) is 5.10 Å². The van der Waals surface area contributed by atoms with Crippen molar-refractivity contribution < 1.29 is 9.90 Å². The van der Waals surface area contributed by atoms with E-state index in [0.717, 1.165) is 28.2 Å². The first-order chi connectivity index (χ1) is 11.0. The third-order valence-corrected chi connectivity index (χ3v) is 4.11. The molecule has 0 saturated heterocycles. The predicted molar refractivity (Wildman–Crippen MR) is 90.4 cm³/mol. The fourth-order valence-electron chi connectivity index (χ4n) is 2.73. The van der Waals surface area contributed by atoms with Gasteiger partial charge in [0, 0.05) is 11.3 Å². The molecule has 0 atom stereocenters. The number of aromatic carboxylic acids is 1. The van der Waals surface area contributed by atoms with Crippen molar-refractivity contribution in [3.8, 4) is 16.8 Å². The molecule has 0 saturated carbocycles. The summed E-state index contributed by atoms with van der Waals surface area (Å²) in [5, 5.41) is 14.1. The number of nitrogens with zero attached hydrogens (tertiary/aromatic N) is 2. The number of rotatable bonds is 3. The number of aryl methyl sites for hydroxylation is 1. The lowest BCUT2D eigenvalue weighted by Gasteiger charge is -2.07. The molecule has 0 amide bonds. The molecule has 2 aromatic carbocycles. The van der Waals surface area contributed by atoms with Gasteiger partial charge in [-0.2, -0.15) is 5.10 Å². The third kappa shape index (κ3) is 2.73. The Hall–Kier alpha value is -2.59. The Labute approximate surface area is 139 Å². The Bertz CT molecular complexity index is 886. The van der Waals surface area contributed by atoms with Gasteiger partial charge in [0.1, 0.15) is 0 Å². The van der Waals surface area contributed by atoms with Gasteiger partial charge in [-0.15, -0.1) is 0 Å². The fraction of sp³-hybridized carbons (Fsp3) is 0.111. The number of benzene rings is 2. The number of aromatic nitrogens is 2. The summed E-state index contributed by atoms with van der Waals surface area (Å²) in [6, 6.07) is 14.8. The van der Waals surface area contributed by atoms with Crippen LogP contribution in [0, 0.1) is 13.8 Å². The van der Waals surface area contributed by atoms with Crippen molar-refractivity contribution >= 4 is 17.6 Å².